The number of aliphatic hydroxyl groups is 1. The second-order valence-electron chi connectivity index (χ2n) is 6.55. The number of carbonyl (C=O) groups excluding carboxylic acids is 2. The molecular formula is C22H13BrF2N2O3. The summed E-state index contributed by atoms with van der Waals surface area (Å²) in [5.74, 6) is -4.13. The van der Waals surface area contributed by atoms with Crippen LogP contribution < -0.4 is 4.90 Å². The average molecular weight is 471 g/mol. The van der Waals surface area contributed by atoms with Gasteiger partial charge in [0.25, 0.3) is 11.7 Å². The molecule has 150 valence electrons. The smallest absolute Gasteiger partial charge is 0.300 e. The Balaban J connectivity index is 1.97. The fraction of sp³-hybridized carbons (Fsp3) is 0.0455. The van der Waals surface area contributed by atoms with Crippen LogP contribution in [-0.2, 0) is 9.59 Å². The minimum atomic E-state index is -1.16. The number of halogens is 3. The van der Waals surface area contributed by atoms with Gasteiger partial charge in [-0.2, -0.15) is 0 Å². The number of hydrogen-bond acceptors (Lipinski definition) is 4. The van der Waals surface area contributed by atoms with Crippen LogP contribution in [0.3, 0.4) is 0 Å². The number of nitrogens with zero attached hydrogens (tertiary/aromatic N) is 2. The third kappa shape index (κ3) is 3.39. The molecule has 2 heterocycles. The number of amides is 1. The van der Waals surface area contributed by atoms with Gasteiger partial charge in [-0.3, -0.25) is 19.5 Å². The summed E-state index contributed by atoms with van der Waals surface area (Å²) in [5.41, 5.74) is 0.0902. The molecule has 2 aromatic carbocycles. The highest BCUT2D eigenvalue weighted by atomic mass is 79.9. The van der Waals surface area contributed by atoms with E-state index < -0.39 is 40.8 Å². The fourth-order valence-corrected chi connectivity index (χ4v) is 3.64. The molecule has 1 saturated heterocycles. The Morgan fingerprint density at radius 3 is 2.33 bits per heavy atom. The highest BCUT2D eigenvalue weighted by molar-refractivity contribution is 9.10. The first-order valence-corrected chi connectivity index (χ1v) is 9.59. The zero-order valence-corrected chi connectivity index (χ0v) is 16.8. The van der Waals surface area contributed by atoms with Crippen molar-refractivity contribution in [2.24, 2.45) is 0 Å². The summed E-state index contributed by atoms with van der Waals surface area (Å²) < 4.78 is 29.1. The molecule has 1 atom stereocenters. The summed E-state index contributed by atoms with van der Waals surface area (Å²) >= 11 is 3.29. The van der Waals surface area contributed by atoms with Gasteiger partial charge in [-0.1, -0.05) is 28.1 Å². The van der Waals surface area contributed by atoms with E-state index in [1.54, 1.807) is 24.3 Å². The molecule has 1 amide bonds. The molecule has 0 radical (unpaired) electrons. The zero-order valence-electron chi connectivity index (χ0n) is 15.2. The lowest BCUT2D eigenvalue weighted by Crippen LogP contribution is -2.30. The van der Waals surface area contributed by atoms with Crippen LogP contribution in [0.2, 0.25) is 0 Å². The van der Waals surface area contributed by atoms with Crippen LogP contribution in [0.5, 0.6) is 0 Å². The summed E-state index contributed by atoms with van der Waals surface area (Å²) in [5, 5.41) is 10.9. The van der Waals surface area contributed by atoms with Gasteiger partial charge in [-0.25, -0.2) is 8.78 Å². The predicted molar refractivity (Wildman–Crippen MR) is 110 cm³/mol. The summed E-state index contributed by atoms with van der Waals surface area (Å²) in [6.07, 6.45) is 2.88. The first-order valence-electron chi connectivity index (χ1n) is 8.80. The van der Waals surface area contributed by atoms with Crippen molar-refractivity contribution >= 4 is 39.1 Å². The van der Waals surface area contributed by atoms with E-state index in [9.17, 15) is 23.5 Å². The van der Waals surface area contributed by atoms with E-state index >= 15 is 0 Å². The van der Waals surface area contributed by atoms with E-state index in [0.29, 0.717) is 11.1 Å². The van der Waals surface area contributed by atoms with Crippen molar-refractivity contribution in [3.05, 3.63) is 99.8 Å². The summed E-state index contributed by atoms with van der Waals surface area (Å²) in [6, 6.07) is 11.0. The maximum Gasteiger partial charge on any atom is 0.300 e. The molecule has 4 rings (SSSR count). The Morgan fingerprint density at radius 1 is 1.00 bits per heavy atom. The minimum Gasteiger partial charge on any atom is -0.507 e. The summed E-state index contributed by atoms with van der Waals surface area (Å²) in [7, 11) is 0. The first-order chi connectivity index (χ1) is 14.4. The molecule has 30 heavy (non-hydrogen) atoms. The van der Waals surface area contributed by atoms with Crippen molar-refractivity contribution in [3.63, 3.8) is 0 Å². The second-order valence-corrected chi connectivity index (χ2v) is 7.47. The molecule has 0 bridgehead atoms. The zero-order chi connectivity index (χ0) is 21.4. The van der Waals surface area contributed by atoms with Crippen LogP contribution in [0.25, 0.3) is 5.76 Å². The van der Waals surface area contributed by atoms with Crippen LogP contribution >= 0.6 is 15.9 Å². The lowest BCUT2D eigenvalue weighted by atomic mass is 9.96. The largest absolute Gasteiger partial charge is 0.507 e. The number of anilines is 1. The van der Waals surface area contributed by atoms with Crippen LogP contribution in [-0.4, -0.2) is 21.8 Å². The van der Waals surface area contributed by atoms with Gasteiger partial charge in [0, 0.05) is 28.5 Å². The molecular weight excluding hydrogens is 458 g/mol. The molecule has 3 aromatic rings. The molecule has 0 saturated carbocycles. The Kier molecular flexibility index (Phi) is 5.17. The summed E-state index contributed by atoms with van der Waals surface area (Å²) in [6.45, 7) is 0. The number of aliphatic hydroxyl groups excluding tert-OH is 1. The molecule has 1 aromatic heterocycles. The highest BCUT2D eigenvalue weighted by Gasteiger charge is 2.47. The quantitative estimate of drug-likeness (QED) is 0.340. The van der Waals surface area contributed by atoms with Crippen LogP contribution in [0.15, 0.2) is 77.0 Å². The maximum atomic E-state index is 14.5. The van der Waals surface area contributed by atoms with Crippen molar-refractivity contribution in [1.29, 1.82) is 0 Å². The number of benzene rings is 2. The number of ketones is 1. The monoisotopic (exact) mass is 470 g/mol. The molecule has 1 N–H and O–H groups in total. The molecule has 0 aliphatic carbocycles. The third-order valence-corrected chi connectivity index (χ3v) is 5.28. The van der Waals surface area contributed by atoms with Crippen molar-refractivity contribution < 1.29 is 23.5 Å². The van der Waals surface area contributed by atoms with Gasteiger partial charge in [0.15, 0.2) is 0 Å². The van der Waals surface area contributed by atoms with Gasteiger partial charge in [0.05, 0.1) is 17.3 Å². The number of Topliss-reactive ketones (excluding diaryl/α,β-unsaturated/α-hetero) is 1. The van der Waals surface area contributed by atoms with E-state index in [2.05, 4.69) is 20.9 Å². The number of pyridine rings is 1. The lowest BCUT2D eigenvalue weighted by molar-refractivity contribution is -0.132. The van der Waals surface area contributed by atoms with E-state index in [1.165, 1.54) is 24.5 Å². The predicted octanol–water partition coefficient (Wildman–Crippen LogP) is 4.75. The van der Waals surface area contributed by atoms with Crippen LogP contribution in [0.4, 0.5) is 14.5 Å². The number of carbonyl (C=O) groups is 2. The van der Waals surface area contributed by atoms with Crippen molar-refractivity contribution in [2.45, 2.75) is 6.04 Å². The summed E-state index contributed by atoms with van der Waals surface area (Å²) in [4.78, 5) is 30.6. The number of rotatable bonds is 3. The van der Waals surface area contributed by atoms with Crippen molar-refractivity contribution in [1.82, 2.24) is 4.98 Å². The van der Waals surface area contributed by atoms with E-state index in [0.717, 1.165) is 27.6 Å². The molecule has 5 nitrogen and oxygen atoms in total. The maximum absolute atomic E-state index is 14.5. The standard InChI is InChI=1S/C22H13BrF2N2O3/c23-14-3-1-13(2-4-14)20(28)18-19(12-7-9-26-10-8-12)27(22(30)21(18)29)17-11-15(24)5-6-16(17)25/h1-11,19,28H/b20-18+. The van der Waals surface area contributed by atoms with E-state index in [1.807, 2.05) is 0 Å². The van der Waals surface area contributed by atoms with Crippen LogP contribution in [0.1, 0.15) is 17.2 Å². The third-order valence-electron chi connectivity index (χ3n) is 4.75. The first kappa shape index (κ1) is 19.9. The van der Waals surface area contributed by atoms with Gasteiger partial charge in [-0.15, -0.1) is 0 Å². The molecule has 1 unspecified atom stereocenters. The van der Waals surface area contributed by atoms with Crippen LogP contribution in [0, 0.1) is 11.6 Å². The van der Waals surface area contributed by atoms with Gasteiger partial charge >= 0.3 is 0 Å². The van der Waals surface area contributed by atoms with Gasteiger partial charge in [0.1, 0.15) is 17.4 Å². The minimum absolute atomic E-state index is 0.225. The molecule has 0 spiro atoms. The molecule has 8 heteroatoms. The normalized spacial score (nSPS) is 18.1. The van der Waals surface area contributed by atoms with E-state index in [4.69, 9.17) is 0 Å². The van der Waals surface area contributed by atoms with Crippen molar-refractivity contribution in [2.75, 3.05) is 4.90 Å². The highest BCUT2D eigenvalue weighted by Crippen LogP contribution is 2.42. The fourth-order valence-electron chi connectivity index (χ4n) is 3.38. The Labute approximate surface area is 178 Å². The van der Waals surface area contributed by atoms with Gasteiger partial charge < -0.3 is 5.11 Å². The van der Waals surface area contributed by atoms with Gasteiger partial charge in [-0.05, 0) is 42.0 Å². The molecule has 1 fully saturated rings. The van der Waals surface area contributed by atoms with E-state index in [-0.39, 0.29) is 5.57 Å². The molecule has 1 aliphatic rings. The Hall–Kier alpha value is -3.39. The SMILES string of the molecule is O=C1C(=O)N(c2cc(F)ccc2F)C(c2ccncc2)/C1=C(\O)c1ccc(Br)cc1. The Morgan fingerprint density at radius 2 is 1.67 bits per heavy atom. The lowest BCUT2D eigenvalue weighted by Gasteiger charge is -2.25. The second kappa shape index (κ2) is 7.79. The topological polar surface area (TPSA) is 70.5 Å². The Bertz CT molecular complexity index is 1180. The van der Waals surface area contributed by atoms with Crippen molar-refractivity contribution in [3.8, 4) is 0 Å². The number of hydrogen-bond donors (Lipinski definition) is 1. The average Bonchev–Trinajstić information content (AvgIpc) is 3.01. The molecule has 1 aliphatic heterocycles. The number of aromatic nitrogens is 1. The van der Waals surface area contributed by atoms with Gasteiger partial charge in [0.2, 0.25) is 0 Å².